The fourth-order valence-corrected chi connectivity index (χ4v) is 2.71. The van der Waals surface area contributed by atoms with Gasteiger partial charge in [-0.1, -0.05) is 48.0 Å². The van der Waals surface area contributed by atoms with Crippen molar-refractivity contribution in [2.24, 2.45) is 4.99 Å². The van der Waals surface area contributed by atoms with E-state index in [4.69, 9.17) is 16.3 Å². The Kier molecular flexibility index (Phi) is 5.81. The van der Waals surface area contributed by atoms with Gasteiger partial charge in [0.2, 0.25) is 0 Å². The van der Waals surface area contributed by atoms with Gasteiger partial charge in [0.15, 0.2) is 0 Å². The Morgan fingerprint density at radius 1 is 1.19 bits per heavy atom. The first-order valence-electron chi connectivity index (χ1n) is 8.24. The first-order valence-corrected chi connectivity index (χ1v) is 8.62. The van der Waals surface area contributed by atoms with Crippen molar-refractivity contribution in [2.45, 2.75) is 6.92 Å². The zero-order valence-electron chi connectivity index (χ0n) is 14.3. The lowest BCUT2D eigenvalue weighted by Gasteiger charge is -2.02. The van der Waals surface area contributed by atoms with Crippen molar-refractivity contribution in [3.8, 4) is 16.9 Å². The van der Waals surface area contributed by atoms with E-state index < -0.39 is 0 Å². The zero-order chi connectivity index (χ0) is 18.4. The molecule has 0 saturated heterocycles. The third-order valence-electron chi connectivity index (χ3n) is 3.65. The molecule has 0 N–H and O–H groups in total. The molecule has 0 amide bonds. The lowest BCUT2D eigenvalue weighted by molar-refractivity contribution is -0.141. The second-order valence-electron chi connectivity index (χ2n) is 5.47. The molecule has 0 spiro atoms. The van der Waals surface area contributed by atoms with Crippen LogP contribution in [-0.4, -0.2) is 35.1 Å². The summed E-state index contributed by atoms with van der Waals surface area (Å²) < 4.78 is 6.66. The number of nitrogens with zero attached hydrogens (tertiary/aromatic N) is 3. The molecule has 5 nitrogen and oxygen atoms in total. The lowest BCUT2D eigenvalue weighted by atomic mass is 10.1. The number of carbonyl (C=O) groups is 1. The molecule has 0 radical (unpaired) electrons. The van der Waals surface area contributed by atoms with E-state index in [0.29, 0.717) is 17.3 Å². The maximum absolute atomic E-state index is 11.5. The Balaban J connectivity index is 1.98. The Morgan fingerprint density at radius 3 is 2.65 bits per heavy atom. The van der Waals surface area contributed by atoms with Gasteiger partial charge < -0.3 is 4.74 Å². The largest absolute Gasteiger partial charge is 0.465 e. The summed E-state index contributed by atoms with van der Waals surface area (Å²) in [5.74, 6) is -0.363. The predicted octanol–water partition coefficient (Wildman–Crippen LogP) is 4.17. The third-order valence-corrected chi connectivity index (χ3v) is 3.98. The molecular formula is C20H18ClN3O2. The average Bonchev–Trinajstić information content (AvgIpc) is 3.07. The summed E-state index contributed by atoms with van der Waals surface area (Å²) in [5, 5.41) is 5.27. The summed E-state index contributed by atoms with van der Waals surface area (Å²) in [4.78, 5) is 15.7. The number of rotatable bonds is 6. The number of para-hydroxylation sites is 1. The number of hydrogen-bond acceptors (Lipinski definition) is 4. The summed E-state index contributed by atoms with van der Waals surface area (Å²) in [6, 6.07) is 17.3. The molecule has 0 aliphatic heterocycles. The highest BCUT2D eigenvalue weighted by molar-refractivity contribution is 6.33. The van der Waals surface area contributed by atoms with Gasteiger partial charge in [-0.25, -0.2) is 4.68 Å². The normalized spacial score (nSPS) is 11.0. The van der Waals surface area contributed by atoms with E-state index in [0.717, 1.165) is 16.8 Å². The Morgan fingerprint density at radius 2 is 1.92 bits per heavy atom. The molecule has 26 heavy (non-hydrogen) atoms. The van der Waals surface area contributed by atoms with Crippen molar-refractivity contribution >= 4 is 23.8 Å². The number of ether oxygens (including phenoxy) is 1. The molecule has 1 aromatic heterocycles. The van der Waals surface area contributed by atoms with Crippen molar-refractivity contribution < 1.29 is 9.53 Å². The summed E-state index contributed by atoms with van der Waals surface area (Å²) in [6.45, 7) is 2.07. The second-order valence-corrected chi connectivity index (χ2v) is 5.88. The van der Waals surface area contributed by atoms with E-state index in [1.165, 1.54) is 0 Å². The van der Waals surface area contributed by atoms with Gasteiger partial charge in [0, 0.05) is 23.5 Å². The van der Waals surface area contributed by atoms with Crippen LogP contribution in [0.5, 0.6) is 0 Å². The Labute approximate surface area is 156 Å². The fraction of sp³-hybridized carbons (Fsp3) is 0.150. The van der Waals surface area contributed by atoms with Gasteiger partial charge in [-0.3, -0.25) is 9.79 Å². The van der Waals surface area contributed by atoms with Crippen LogP contribution in [0, 0.1) is 0 Å². The standard InChI is InChI=1S/C20H18ClN3O2/c1-2-26-19(25)13-22-12-15-14-24(16-8-4-3-5-9-16)23-20(15)17-10-6-7-11-18(17)21/h3-12,14H,2,13H2,1H3. The number of carbonyl (C=O) groups excluding carboxylic acids is 1. The molecule has 0 fully saturated rings. The smallest absolute Gasteiger partial charge is 0.327 e. The number of esters is 1. The zero-order valence-corrected chi connectivity index (χ0v) is 15.1. The predicted molar refractivity (Wildman–Crippen MR) is 103 cm³/mol. The molecule has 0 aliphatic carbocycles. The molecule has 0 aliphatic rings. The minimum Gasteiger partial charge on any atom is -0.465 e. The van der Waals surface area contributed by atoms with E-state index >= 15 is 0 Å². The second kappa shape index (κ2) is 8.45. The molecule has 3 aromatic rings. The lowest BCUT2D eigenvalue weighted by Crippen LogP contribution is -2.07. The van der Waals surface area contributed by atoms with Crippen LogP contribution in [0.15, 0.2) is 65.8 Å². The number of hydrogen-bond donors (Lipinski definition) is 0. The Bertz CT molecular complexity index is 920. The van der Waals surface area contributed by atoms with Crippen molar-refractivity contribution in [3.63, 3.8) is 0 Å². The molecule has 0 atom stereocenters. The molecule has 0 bridgehead atoms. The van der Waals surface area contributed by atoms with E-state index in [-0.39, 0.29) is 12.5 Å². The van der Waals surface area contributed by atoms with Crippen LogP contribution in [0.25, 0.3) is 16.9 Å². The number of aliphatic imine (C=N–C) groups is 1. The summed E-state index contributed by atoms with van der Waals surface area (Å²) >= 11 is 6.34. The molecule has 6 heteroatoms. The van der Waals surface area contributed by atoms with Crippen LogP contribution in [-0.2, 0) is 9.53 Å². The van der Waals surface area contributed by atoms with Crippen LogP contribution in [0.3, 0.4) is 0 Å². The molecule has 2 aromatic carbocycles. The van der Waals surface area contributed by atoms with Crippen LogP contribution >= 0.6 is 11.6 Å². The quantitative estimate of drug-likeness (QED) is 0.485. The van der Waals surface area contributed by atoms with Gasteiger partial charge in [-0.2, -0.15) is 5.10 Å². The maximum atomic E-state index is 11.5. The first-order chi connectivity index (χ1) is 12.7. The highest BCUT2D eigenvalue weighted by Crippen LogP contribution is 2.29. The van der Waals surface area contributed by atoms with Crippen molar-refractivity contribution in [1.29, 1.82) is 0 Å². The SMILES string of the molecule is CCOC(=O)CN=Cc1cn(-c2ccccc2)nc1-c1ccccc1Cl. The molecule has 1 heterocycles. The summed E-state index contributed by atoms with van der Waals surface area (Å²) in [7, 11) is 0. The van der Waals surface area contributed by atoms with Gasteiger partial charge in [0.25, 0.3) is 0 Å². The molecular weight excluding hydrogens is 350 g/mol. The van der Waals surface area contributed by atoms with E-state index in [1.54, 1.807) is 17.8 Å². The number of aromatic nitrogens is 2. The van der Waals surface area contributed by atoms with Gasteiger partial charge in [0.05, 0.1) is 17.3 Å². The van der Waals surface area contributed by atoms with Crippen molar-refractivity contribution in [3.05, 3.63) is 71.4 Å². The van der Waals surface area contributed by atoms with E-state index in [9.17, 15) is 4.79 Å². The van der Waals surface area contributed by atoms with Crippen LogP contribution < -0.4 is 0 Å². The van der Waals surface area contributed by atoms with Crippen LogP contribution in [0.1, 0.15) is 12.5 Å². The minimum atomic E-state index is -0.363. The van der Waals surface area contributed by atoms with Gasteiger partial charge in [-0.05, 0) is 25.1 Å². The topological polar surface area (TPSA) is 56.5 Å². The highest BCUT2D eigenvalue weighted by Gasteiger charge is 2.13. The average molecular weight is 368 g/mol. The van der Waals surface area contributed by atoms with Crippen molar-refractivity contribution in [2.75, 3.05) is 13.2 Å². The molecule has 0 unspecified atom stereocenters. The fourth-order valence-electron chi connectivity index (χ4n) is 2.48. The van der Waals surface area contributed by atoms with Crippen molar-refractivity contribution in [1.82, 2.24) is 9.78 Å². The van der Waals surface area contributed by atoms with Gasteiger partial charge >= 0.3 is 5.97 Å². The van der Waals surface area contributed by atoms with E-state index in [2.05, 4.69) is 10.1 Å². The van der Waals surface area contributed by atoms with Gasteiger partial charge in [-0.15, -0.1) is 0 Å². The summed E-state index contributed by atoms with van der Waals surface area (Å²) in [5.41, 5.74) is 3.20. The monoisotopic (exact) mass is 367 g/mol. The Hall–Kier alpha value is -2.92. The minimum absolute atomic E-state index is 0.0354. The number of benzene rings is 2. The molecule has 0 saturated carbocycles. The van der Waals surface area contributed by atoms with E-state index in [1.807, 2.05) is 60.8 Å². The molecule has 3 rings (SSSR count). The first kappa shape index (κ1) is 17.9. The van der Waals surface area contributed by atoms with Gasteiger partial charge in [0.1, 0.15) is 12.2 Å². The van der Waals surface area contributed by atoms with Crippen LogP contribution in [0.2, 0.25) is 5.02 Å². The number of halogens is 1. The third kappa shape index (κ3) is 4.18. The highest BCUT2D eigenvalue weighted by atomic mass is 35.5. The van der Waals surface area contributed by atoms with Crippen LogP contribution in [0.4, 0.5) is 0 Å². The maximum Gasteiger partial charge on any atom is 0.327 e. The summed E-state index contributed by atoms with van der Waals surface area (Å²) in [6.07, 6.45) is 3.49. The molecule has 132 valence electrons.